The Hall–Kier alpha value is -1.19. The van der Waals surface area contributed by atoms with Gasteiger partial charge in [-0.1, -0.05) is 11.8 Å². The van der Waals surface area contributed by atoms with E-state index in [2.05, 4.69) is 15.8 Å². The second-order valence-electron chi connectivity index (χ2n) is 5.70. The molecule has 1 aliphatic rings. The average Bonchev–Trinajstić information content (AvgIpc) is 2.54. The summed E-state index contributed by atoms with van der Waals surface area (Å²) in [5.74, 6) is 0.980. The summed E-state index contributed by atoms with van der Waals surface area (Å²) in [5.41, 5.74) is 9.90. The molecular weight excluding hydrogens is 391 g/mol. The molecule has 1 aromatic rings. The van der Waals surface area contributed by atoms with Crippen LogP contribution in [0.4, 0.5) is 0 Å². The molecule has 1 atom stereocenters. The number of nitrogens with two attached hydrogens (primary N) is 1. The monoisotopic (exact) mass is 418 g/mol. The second-order valence-corrected chi connectivity index (χ2v) is 6.53. The molecule has 0 saturated heterocycles. The van der Waals surface area contributed by atoms with E-state index >= 15 is 0 Å². The van der Waals surface area contributed by atoms with E-state index in [1.54, 1.807) is 20.4 Å². The molecule has 1 heterocycles. The first-order valence-corrected chi connectivity index (χ1v) is 8.87. The van der Waals surface area contributed by atoms with Crippen LogP contribution in [0.1, 0.15) is 24.5 Å². The van der Waals surface area contributed by atoms with Crippen LogP contribution in [0, 0.1) is 7.43 Å². The topological polar surface area (TPSA) is 98.0 Å². The van der Waals surface area contributed by atoms with Crippen LogP contribution in [-0.2, 0) is 35.3 Å². The molecule has 1 aromatic carbocycles. The molecule has 1 radical (unpaired) electrons. The number of hydroxylamine groups is 1. The van der Waals surface area contributed by atoms with Crippen molar-refractivity contribution in [1.29, 1.82) is 0 Å². The Morgan fingerprint density at radius 2 is 2.15 bits per heavy atom. The third-order valence-electron chi connectivity index (χ3n) is 4.05. The summed E-state index contributed by atoms with van der Waals surface area (Å²) in [6.07, 6.45) is 2.85. The summed E-state index contributed by atoms with van der Waals surface area (Å²) in [7, 11) is 3.29. The summed E-state index contributed by atoms with van der Waals surface area (Å²) in [4.78, 5) is 21.6. The van der Waals surface area contributed by atoms with Gasteiger partial charge in [0.15, 0.2) is 16.7 Å². The maximum Gasteiger partial charge on any atom is 0.250 e. The number of fused-ring (bicyclic) bond motifs is 1. The number of carbonyl (C=O) groups excluding carboxylic acids is 1. The summed E-state index contributed by atoms with van der Waals surface area (Å²) >= 11 is 1.26. The molecule has 2 rings (SSSR count). The first kappa shape index (κ1) is 24.8. The van der Waals surface area contributed by atoms with Crippen molar-refractivity contribution < 1.29 is 32.9 Å². The molecule has 1 unspecified atom stereocenters. The molecule has 0 bridgehead atoms. The van der Waals surface area contributed by atoms with Crippen LogP contribution >= 0.6 is 11.8 Å². The third-order valence-corrected chi connectivity index (χ3v) is 4.56. The molecule has 1 aliphatic heterocycles. The van der Waals surface area contributed by atoms with E-state index in [1.807, 2.05) is 19.1 Å². The first-order chi connectivity index (χ1) is 11.4. The number of amidine groups is 1. The average molecular weight is 418 g/mol. The van der Waals surface area contributed by atoms with Crippen LogP contribution in [0.25, 0.3) is 0 Å². The van der Waals surface area contributed by atoms with E-state index in [0.717, 1.165) is 24.1 Å². The molecule has 145 valence electrons. The fourth-order valence-corrected chi connectivity index (χ4v) is 3.10. The second kappa shape index (κ2) is 10.8. The molecule has 0 aromatic heterocycles. The van der Waals surface area contributed by atoms with Crippen molar-refractivity contribution in [2.45, 2.75) is 25.3 Å². The van der Waals surface area contributed by atoms with E-state index < -0.39 is 5.54 Å². The van der Waals surface area contributed by atoms with Gasteiger partial charge < -0.3 is 28.1 Å². The number of hydrogen-bond acceptors (Lipinski definition) is 6. The number of amides is 1. The zero-order valence-corrected chi connectivity index (χ0v) is 18.1. The molecule has 0 saturated carbocycles. The van der Waals surface area contributed by atoms with Crippen LogP contribution in [0.5, 0.6) is 11.5 Å². The fourth-order valence-electron chi connectivity index (χ4n) is 2.91. The minimum Gasteiger partial charge on any atom is -0.493 e. The van der Waals surface area contributed by atoms with Crippen molar-refractivity contribution in [1.82, 2.24) is 10.8 Å². The number of benzene rings is 1. The van der Waals surface area contributed by atoms with Crippen LogP contribution in [-0.4, -0.2) is 38.0 Å². The Morgan fingerprint density at radius 1 is 1.46 bits per heavy atom. The molecule has 0 spiro atoms. The van der Waals surface area contributed by atoms with Gasteiger partial charge in [0.05, 0.1) is 13.5 Å². The zero-order valence-electron chi connectivity index (χ0n) is 15.9. The van der Waals surface area contributed by atoms with Crippen LogP contribution in [0.15, 0.2) is 17.1 Å². The predicted molar refractivity (Wildman–Crippen MR) is 103 cm³/mol. The number of carbonyl (C=O) groups is 1. The Kier molecular flexibility index (Phi) is 10.3. The maximum atomic E-state index is 12.2. The van der Waals surface area contributed by atoms with Gasteiger partial charge in [-0.25, -0.2) is 0 Å². The standard InChI is InChI=1S/C16H24N4O3S.CH3.V/c1-16(9-14(21)20-15(17)24-4)11-8-13(23-18-2)12(22-3)7-10(11)5-6-19-16;;/h7-8,18-19H,5-6,9H2,1-4H3,(H2,17,20,21);1H3;/q;-1;. The normalized spacial score (nSPS) is 18.8. The number of nitrogens with one attached hydrogen (secondary N) is 2. The van der Waals surface area contributed by atoms with Gasteiger partial charge in [0.1, 0.15) is 0 Å². The van der Waals surface area contributed by atoms with E-state index in [9.17, 15) is 4.79 Å². The van der Waals surface area contributed by atoms with Crippen molar-refractivity contribution in [3.8, 4) is 11.5 Å². The van der Waals surface area contributed by atoms with E-state index in [0.29, 0.717) is 11.5 Å². The Bertz CT molecular complexity index is 657. The van der Waals surface area contributed by atoms with E-state index in [-0.39, 0.29) is 43.5 Å². The molecule has 1 amide bonds. The number of thioether (sulfide) groups is 1. The smallest absolute Gasteiger partial charge is 0.250 e. The van der Waals surface area contributed by atoms with Gasteiger partial charge in [-0.15, -0.1) is 0 Å². The van der Waals surface area contributed by atoms with Crippen molar-refractivity contribution in [2.75, 3.05) is 27.0 Å². The fraction of sp³-hybridized carbons (Fsp3) is 0.471. The van der Waals surface area contributed by atoms with Gasteiger partial charge in [-0.2, -0.15) is 10.5 Å². The minimum absolute atomic E-state index is 0. The molecule has 0 fully saturated rings. The van der Waals surface area contributed by atoms with Gasteiger partial charge in [0.25, 0.3) is 0 Å². The number of aliphatic imine (C=N–C) groups is 1. The van der Waals surface area contributed by atoms with Crippen LogP contribution < -0.4 is 26.1 Å². The van der Waals surface area contributed by atoms with Gasteiger partial charge in [0.2, 0.25) is 5.91 Å². The quantitative estimate of drug-likeness (QED) is 0.289. The maximum absolute atomic E-state index is 12.2. The summed E-state index contributed by atoms with van der Waals surface area (Å²) in [6, 6.07) is 3.87. The Morgan fingerprint density at radius 3 is 2.73 bits per heavy atom. The van der Waals surface area contributed by atoms with E-state index in [4.69, 9.17) is 15.3 Å². The van der Waals surface area contributed by atoms with Gasteiger partial charge in [-0.3, -0.25) is 4.79 Å². The number of hydrogen-bond donors (Lipinski definition) is 3. The van der Waals surface area contributed by atoms with Crippen molar-refractivity contribution in [2.24, 2.45) is 10.7 Å². The van der Waals surface area contributed by atoms with Gasteiger partial charge >= 0.3 is 0 Å². The Labute approximate surface area is 171 Å². The van der Waals surface area contributed by atoms with Crippen molar-refractivity contribution >= 4 is 22.8 Å². The first-order valence-electron chi connectivity index (χ1n) is 7.64. The number of methoxy groups -OCH3 is 1. The predicted octanol–water partition coefficient (Wildman–Crippen LogP) is 1.61. The molecule has 9 heteroatoms. The molecule has 0 aliphatic carbocycles. The third kappa shape index (κ3) is 5.66. The molecule has 7 nitrogen and oxygen atoms in total. The molecule has 4 N–H and O–H groups in total. The van der Waals surface area contributed by atoms with Crippen LogP contribution in [0.3, 0.4) is 0 Å². The SMILES string of the molecule is CNOc1cc2c(cc1OC)CCNC2(C)CC(=O)N=C(N)SC.[CH3-].[V]. The molecular formula is C17H27N4O3SV-. The van der Waals surface area contributed by atoms with Gasteiger partial charge in [-0.05, 0) is 42.9 Å². The summed E-state index contributed by atoms with van der Waals surface area (Å²) < 4.78 is 5.39. The van der Waals surface area contributed by atoms with E-state index in [1.165, 1.54) is 11.8 Å². The number of ether oxygens (including phenoxy) is 1. The summed E-state index contributed by atoms with van der Waals surface area (Å²) in [5, 5.41) is 3.70. The zero-order chi connectivity index (χ0) is 17.7. The van der Waals surface area contributed by atoms with Crippen LogP contribution in [0.2, 0.25) is 0 Å². The van der Waals surface area contributed by atoms with Crippen molar-refractivity contribution in [3.63, 3.8) is 0 Å². The summed E-state index contributed by atoms with van der Waals surface area (Å²) in [6.45, 7) is 2.76. The molecule has 26 heavy (non-hydrogen) atoms. The largest absolute Gasteiger partial charge is 0.493 e. The number of nitrogens with zero attached hydrogens (tertiary/aromatic N) is 1. The number of rotatable bonds is 5. The Balaban J connectivity index is 0.00000312. The van der Waals surface area contributed by atoms with Crippen molar-refractivity contribution in [3.05, 3.63) is 30.7 Å². The van der Waals surface area contributed by atoms with Gasteiger partial charge in [0, 0.05) is 37.7 Å². The minimum atomic E-state index is -0.537.